The molecular weight excluding hydrogens is 250 g/mol. The largest absolute Gasteiger partial charge is 0.368 e. The average Bonchev–Trinajstić information content (AvgIpc) is 2.69. The summed E-state index contributed by atoms with van der Waals surface area (Å²) in [5, 5.41) is 3.43. The van der Waals surface area contributed by atoms with Gasteiger partial charge in [-0.2, -0.15) is 0 Å². The first kappa shape index (κ1) is 15.0. The summed E-state index contributed by atoms with van der Waals surface area (Å²) in [4.78, 5) is 14.4. The van der Waals surface area contributed by atoms with E-state index in [1.165, 1.54) is 5.56 Å². The molecule has 4 heteroatoms. The van der Waals surface area contributed by atoms with Crippen molar-refractivity contribution >= 4 is 5.91 Å². The standard InChI is InChI=1S/C16H25N3O/c1-2-19-11-6-9-16(10-12-19,15(17)20)18-13-14-7-4-3-5-8-14/h3-5,7-8,18H,2,6,9-13H2,1H3,(H2,17,20). The molecule has 20 heavy (non-hydrogen) atoms. The zero-order valence-electron chi connectivity index (χ0n) is 12.3. The summed E-state index contributed by atoms with van der Waals surface area (Å²) in [7, 11) is 0. The molecule has 4 nitrogen and oxygen atoms in total. The number of likely N-dealkylation sites (tertiary alicyclic amines) is 1. The van der Waals surface area contributed by atoms with Crippen molar-refractivity contribution in [3.63, 3.8) is 0 Å². The van der Waals surface area contributed by atoms with Crippen LogP contribution in [0.4, 0.5) is 0 Å². The lowest BCUT2D eigenvalue weighted by atomic mass is 9.89. The maximum absolute atomic E-state index is 12.0. The van der Waals surface area contributed by atoms with Crippen molar-refractivity contribution in [2.75, 3.05) is 19.6 Å². The van der Waals surface area contributed by atoms with Crippen molar-refractivity contribution in [1.82, 2.24) is 10.2 Å². The minimum atomic E-state index is -0.556. The van der Waals surface area contributed by atoms with E-state index in [0.717, 1.165) is 38.9 Å². The van der Waals surface area contributed by atoms with Gasteiger partial charge in [-0.3, -0.25) is 10.1 Å². The van der Waals surface area contributed by atoms with E-state index in [2.05, 4.69) is 29.3 Å². The van der Waals surface area contributed by atoms with Crippen LogP contribution in [0, 0.1) is 0 Å². The molecule has 1 aromatic carbocycles. The van der Waals surface area contributed by atoms with Gasteiger partial charge in [-0.25, -0.2) is 0 Å². The Labute approximate surface area is 121 Å². The highest BCUT2D eigenvalue weighted by molar-refractivity contribution is 5.84. The van der Waals surface area contributed by atoms with Gasteiger partial charge in [0.05, 0.1) is 5.54 Å². The number of benzene rings is 1. The number of hydrogen-bond donors (Lipinski definition) is 2. The third kappa shape index (κ3) is 3.58. The topological polar surface area (TPSA) is 58.4 Å². The molecule has 1 heterocycles. The van der Waals surface area contributed by atoms with Crippen LogP contribution < -0.4 is 11.1 Å². The summed E-state index contributed by atoms with van der Waals surface area (Å²) < 4.78 is 0. The highest BCUT2D eigenvalue weighted by Gasteiger charge is 2.37. The molecule has 0 radical (unpaired) electrons. The number of carbonyl (C=O) groups excluding carboxylic acids is 1. The van der Waals surface area contributed by atoms with Crippen LogP contribution in [0.1, 0.15) is 31.7 Å². The molecule has 1 amide bonds. The van der Waals surface area contributed by atoms with Crippen molar-refractivity contribution in [3.8, 4) is 0 Å². The third-order valence-corrected chi connectivity index (χ3v) is 4.33. The summed E-state index contributed by atoms with van der Waals surface area (Å²) in [6.45, 7) is 5.87. The lowest BCUT2D eigenvalue weighted by Crippen LogP contribution is -2.55. The SMILES string of the molecule is CCN1CCCC(NCc2ccccc2)(C(N)=O)CC1. The van der Waals surface area contributed by atoms with Crippen LogP contribution in [0.2, 0.25) is 0 Å². The van der Waals surface area contributed by atoms with Gasteiger partial charge in [0.1, 0.15) is 0 Å². The van der Waals surface area contributed by atoms with E-state index in [1.807, 2.05) is 18.2 Å². The summed E-state index contributed by atoms with van der Waals surface area (Å²) in [5.74, 6) is -0.216. The first-order valence-electron chi connectivity index (χ1n) is 7.47. The highest BCUT2D eigenvalue weighted by Crippen LogP contribution is 2.23. The summed E-state index contributed by atoms with van der Waals surface area (Å²) >= 11 is 0. The summed E-state index contributed by atoms with van der Waals surface area (Å²) in [6, 6.07) is 10.2. The van der Waals surface area contributed by atoms with Gasteiger partial charge in [0, 0.05) is 13.1 Å². The number of rotatable bonds is 5. The van der Waals surface area contributed by atoms with Gasteiger partial charge in [-0.1, -0.05) is 37.3 Å². The molecule has 1 aliphatic rings. The van der Waals surface area contributed by atoms with Gasteiger partial charge in [0.15, 0.2) is 0 Å². The Morgan fingerprint density at radius 1 is 1.30 bits per heavy atom. The normalized spacial score (nSPS) is 24.2. The van der Waals surface area contributed by atoms with Gasteiger partial charge in [-0.15, -0.1) is 0 Å². The predicted molar refractivity (Wildman–Crippen MR) is 81.2 cm³/mol. The van der Waals surface area contributed by atoms with E-state index in [0.29, 0.717) is 6.54 Å². The van der Waals surface area contributed by atoms with Crippen LogP contribution in [0.5, 0.6) is 0 Å². The van der Waals surface area contributed by atoms with Crippen molar-refractivity contribution in [2.24, 2.45) is 5.73 Å². The van der Waals surface area contributed by atoms with Gasteiger partial charge in [0.2, 0.25) is 5.91 Å². The van der Waals surface area contributed by atoms with Gasteiger partial charge in [-0.05, 0) is 37.9 Å². The lowest BCUT2D eigenvalue weighted by Gasteiger charge is -2.31. The monoisotopic (exact) mass is 275 g/mol. The van der Waals surface area contributed by atoms with Gasteiger partial charge < -0.3 is 10.6 Å². The summed E-state index contributed by atoms with van der Waals surface area (Å²) in [6.07, 6.45) is 2.63. The van der Waals surface area contributed by atoms with E-state index in [1.54, 1.807) is 0 Å². The smallest absolute Gasteiger partial charge is 0.237 e. The van der Waals surface area contributed by atoms with E-state index < -0.39 is 5.54 Å². The minimum Gasteiger partial charge on any atom is -0.368 e. The van der Waals surface area contributed by atoms with Crippen molar-refractivity contribution in [3.05, 3.63) is 35.9 Å². The maximum Gasteiger partial charge on any atom is 0.237 e. The average molecular weight is 275 g/mol. The molecule has 1 unspecified atom stereocenters. The Kier molecular flexibility index (Phi) is 5.15. The Morgan fingerprint density at radius 3 is 2.70 bits per heavy atom. The van der Waals surface area contributed by atoms with Gasteiger partial charge >= 0.3 is 0 Å². The third-order valence-electron chi connectivity index (χ3n) is 4.33. The van der Waals surface area contributed by atoms with Crippen LogP contribution in [0.15, 0.2) is 30.3 Å². The molecule has 1 atom stereocenters. The molecule has 2 rings (SSSR count). The molecule has 1 aromatic rings. The Morgan fingerprint density at radius 2 is 2.05 bits per heavy atom. The van der Waals surface area contributed by atoms with Crippen LogP contribution >= 0.6 is 0 Å². The Balaban J connectivity index is 2.04. The number of amides is 1. The number of nitrogens with one attached hydrogen (secondary N) is 1. The molecule has 1 aliphatic heterocycles. The summed E-state index contributed by atoms with van der Waals surface area (Å²) in [5.41, 5.74) is 6.33. The molecule has 0 spiro atoms. The van der Waals surface area contributed by atoms with Crippen molar-refractivity contribution in [2.45, 2.75) is 38.3 Å². The van der Waals surface area contributed by atoms with E-state index in [9.17, 15) is 4.79 Å². The highest BCUT2D eigenvalue weighted by atomic mass is 16.1. The fourth-order valence-electron chi connectivity index (χ4n) is 2.88. The molecule has 0 saturated carbocycles. The second-order valence-corrected chi connectivity index (χ2v) is 5.57. The second kappa shape index (κ2) is 6.86. The van der Waals surface area contributed by atoms with E-state index >= 15 is 0 Å². The van der Waals surface area contributed by atoms with Crippen LogP contribution in [-0.2, 0) is 11.3 Å². The Bertz CT molecular complexity index is 435. The zero-order valence-corrected chi connectivity index (χ0v) is 12.3. The number of nitrogens with two attached hydrogens (primary N) is 1. The first-order chi connectivity index (χ1) is 9.66. The van der Waals surface area contributed by atoms with Crippen LogP contribution in [-0.4, -0.2) is 36.0 Å². The molecule has 1 saturated heterocycles. The predicted octanol–water partition coefficient (Wildman–Crippen LogP) is 1.51. The second-order valence-electron chi connectivity index (χ2n) is 5.57. The van der Waals surface area contributed by atoms with Gasteiger partial charge in [0.25, 0.3) is 0 Å². The molecule has 1 fully saturated rings. The Hall–Kier alpha value is -1.39. The molecule has 110 valence electrons. The molecular formula is C16H25N3O. The number of nitrogens with zero attached hydrogens (tertiary/aromatic N) is 1. The molecule has 3 N–H and O–H groups in total. The molecule has 0 aromatic heterocycles. The number of carbonyl (C=O) groups is 1. The van der Waals surface area contributed by atoms with E-state index in [4.69, 9.17) is 5.73 Å². The molecule has 0 bridgehead atoms. The fourth-order valence-corrected chi connectivity index (χ4v) is 2.88. The van der Waals surface area contributed by atoms with Crippen molar-refractivity contribution < 1.29 is 4.79 Å². The van der Waals surface area contributed by atoms with Crippen molar-refractivity contribution in [1.29, 1.82) is 0 Å². The maximum atomic E-state index is 12.0. The number of hydrogen-bond acceptors (Lipinski definition) is 3. The lowest BCUT2D eigenvalue weighted by molar-refractivity contribution is -0.125. The van der Waals surface area contributed by atoms with Crippen LogP contribution in [0.25, 0.3) is 0 Å². The quantitative estimate of drug-likeness (QED) is 0.856. The first-order valence-corrected chi connectivity index (χ1v) is 7.47. The fraction of sp³-hybridized carbons (Fsp3) is 0.562. The van der Waals surface area contributed by atoms with Crippen LogP contribution in [0.3, 0.4) is 0 Å². The molecule has 0 aliphatic carbocycles. The number of primary amides is 1. The minimum absolute atomic E-state index is 0.216. The zero-order chi connectivity index (χ0) is 14.4. The van der Waals surface area contributed by atoms with E-state index in [-0.39, 0.29) is 5.91 Å².